The first-order chi connectivity index (χ1) is 13.6. The highest BCUT2D eigenvalue weighted by Gasteiger charge is 2.37. The molecule has 0 aliphatic carbocycles. The molecule has 7 heteroatoms. The van der Waals surface area contributed by atoms with Crippen molar-refractivity contribution < 1.29 is 14.4 Å². The molecule has 0 unspecified atom stereocenters. The van der Waals surface area contributed by atoms with E-state index in [9.17, 15) is 14.4 Å². The van der Waals surface area contributed by atoms with E-state index in [0.29, 0.717) is 18.0 Å². The van der Waals surface area contributed by atoms with Crippen LogP contribution in [0.5, 0.6) is 0 Å². The Morgan fingerprint density at radius 3 is 2.25 bits per heavy atom. The minimum atomic E-state index is -0.373. The highest BCUT2D eigenvalue weighted by atomic mass is 32.2. The molecule has 4 rings (SSSR count). The first kappa shape index (κ1) is 19.1. The largest absolute Gasteiger partial charge is 0.372 e. The van der Waals surface area contributed by atoms with Crippen molar-refractivity contribution in [2.24, 2.45) is 0 Å². The van der Waals surface area contributed by atoms with Crippen molar-refractivity contribution in [1.82, 2.24) is 9.80 Å². The number of anilines is 1. The maximum absolute atomic E-state index is 12.6. The predicted molar refractivity (Wildman–Crippen MR) is 111 cm³/mol. The molecule has 28 heavy (non-hydrogen) atoms. The van der Waals surface area contributed by atoms with Gasteiger partial charge in [-0.3, -0.25) is 19.3 Å². The third kappa shape index (κ3) is 4.09. The van der Waals surface area contributed by atoms with Gasteiger partial charge in [0.25, 0.3) is 11.1 Å². The van der Waals surface area contributed by atoms with Crippen LogP contribution in [0.1, 0.15) is 37.7 Å². The van der Waals surface area contributed by atoms with Crippen LogP contribution in [0.2, 0.25) is 0 Å². The Kier molecular flexibility index (Phi) is 5.71. The Balaban J connectivity index is 1.42. The molecule has 0 N–H and O–H groups in total. The number of piperidine rings is 1. The van der Waals surface area contributed by atoms with Gasteiger partial charge in [0.1, 0.15) is 6.54 Å². The molecule has 0 radical (unpaired) electrons. The van der Waals surface area contributed by atoms with Gasteiger partial charge in [-0.1, -0.05) is 12.1 Å². The normalized spacial score (nSPS) is 21.9. The highest BCUT2D eigenvalue weighted by molar-refractivity contribution is 8.18. The number of hydrogen-bond donors (Lipinski definition) is 0. The molecular formula is C21H25N3O3S. The number of rotatable bonds is 4. The molecule has 3 fully saturated rings. The average molecular weight is 400 g/mol. The molecule has 6 nitrogen and oxygen atoms in total. The van der Waals surface area contributed by atoms with E-state index in [0.717, 1.165) is 48.2 Å². The smallest absolute Gasteiger partial charge is 0.294 e. The van der Waals surface area contributed by atoms with E-state index in [1.807, 2.05) is 12.1 Å². The van der Waals surface area contributed by atoms with Crippen LogP contribution in [0.15, 0.2) is 29.2 Å². The first-order valence-electron chi connectivity index (χ1n) is 10.00. The quantitative estimate of drug-likeness (QED) is 0.727. The molecule has 0 saturated carbocycles. The third-order valence-electron chi connectivity index (χ3n) is 5.54. The summed E-state index contributed by atoms with van der Waals surface area (Å²) in [6.45, 7) is 3.45. The topological polar surface area (TPSA) is 60.9 Å². The van der Waals surface area contributed by atoms with Crippen LogP contribution in [-0.4, -0.2) is 59.6 Å². The molecule has 0 spiro atoms. The number of carbonyl (C=O) groups is 3. The zero-order valence-electron chi connectivity index (χ0n) is 15.9. The first-order valence-corrected chi connectivity index (χ1v) is 10.8. The third-order valence-corrected chi connectivity index (χ3v) is 6.45. The van der Waals surface area contributed by atoms with E-state index in [1.165, 1.54) is 24.9 Å². The van der Waals surface area contributed by atoms with Crippen molar-refractivity contribution in [3.8, 4) is 0 Å². The SMILES string of the molecule is O=C(CN1C(=O)S/C(=C\c2ccc(N3CCCCC3)cc2)C1=O)N1CCCC1. The molecule has 1 aromatic carbocycles. The van der Waals surface area contributed by atoms with Gasteiger partial charge >= 0.3 is 0 Å². The van der Waals surface area contributed by atoms with Crippen molar-refractivity contribution >= 4 is 40.6 Å². The van der Waals surface area contributed by atoms with Gasteiger partial charge in [-0.25, -0.2) is 0 Å². The van der Waals surface area contributed by atoms with Gasteiger partial charge in [0, 0.05) is 31.9 Å². The summed E-state index contributed by atoms with van der Waals surface area (Å²) in [4.78, 5) is 42.7. The van der Waals surface area contributed by atoms with Crippen molar-refractivity contribution in [1.29, 1.82) is 0 Å². The summed E-state index contributed by atoms with van der Waals surface area (Å²) in [6.07, 6.45) is 7.47. The van der Waals surface area contributed by atoms with E-state index < -0.39 is 0 Å². The summed E-state index contributed by atoms with van der Waals surface area (Å²) >= 11 is 0.911. The second-order valence-corrected chi connectivity index (χ2v) is 8.49. The monoisotopic (exact) mass is 399 g/mol. The van der Waals surface area contributed by atoms with Gasteiger partial charge in [-0.15, -0.1) is 0 Å². The van der Waals surface area contributed by atoms with Gasteiger partial charge in [-0.2, -0.15) is 0 Å². The van der Waals surface area contributed by atoms with Crippen molar-refractivity contribution in [3.05, 3.63) is 34.7 Å². The summed E-state index contributed by atoms with van der Waals surface area (Å²) in [7, 11) is 0. The summed E-state index contributed by atoms with van der Waals surface area (Å²) in [6, 6.07) is 8.09. The average Bonchev–Trinajstić information content (AvgIpc) is 3.34. The molecular weight excluding hydrogens is 374 g/mol. The number of amides is 3. The van der Waals surface area contributed by atoms with Gasteiger partial charge in [-0.05, 0) is 67.6 Å². The van der Waals surface area contributed by atoms with E-state index in [1.54, 1.807) is 11.0 Å². The van der Waals surface area contributed by atoms with Crippen LogP contribution in [0, 0.1) is 0 Å². The number of hydrogen-bond acceptors (Lipinski definition) is 5. The van der Waals surface area contributed by atoms with Crippen LogP contribution in [0.3, 0.4) is 0 Å². The Hall–Kier alpha value is -2.28. The second kappa shape index (κ2) is 8.39. The van der Waals surface area contributed by atoms with Gasteiger partial charge in [0.05, 0.1) is 4.91 Å². The number of nitrogens with zero attached hydrogens (tertiary/aromatic N) is 3. The molecule has 3 saturated heterocycles. The lowest BCUT2D eigenvalue weighted by atomic mass is 10.1. The van der Waals surface area contributed by atoms with Crippen molar-refractivity contribution in [2.75, 3.05) is 37.6 Å². The van der Waals surface area contributed by atoms with Crippen LogP contribution in [0.25, 0.3) is 6.08 Å². The molecule has 3 heterocycles. The summed E-state index contributed by atoms with van der Waals surface area (Å²) in [5.41, 5.74) is 2.08. The molecule has 148 valence electrons. The number of benzene rings is 1. The fourth-order valence-electron chi connectivity index (χ4n) is 3.92. The zero-order valence-corrected chi connectivity index (χ0v) is 16.7. The number of thioether (sulfide) groups is 1. The highest BCUT2D eigenvalue weighted by Crippen LogP contribution is 2.32. The van der Waals surface area contributed by atoms with Gasteiger partial charge in [0.2, 0.25) is 5.91 Å². The van der Waals surface area contributed by atoms with E-state index in [2.05, 4.69) is 17.0 Å². The summed E-state index contributed by atoms with van der Waals surface area (Å²) in [5, 5.41) is -0.367. The Bertz CT molecular complexity index is 794. The van der Waals surface area contributed by atoms with Crippen LogP contribution < -0.4 is 4.90 Å². The standard InChI is InChI=1S/C21H25N3O3S/c25-19(23-12-4-5-13-23)15-24-20(26)18(28-21(24)27)14-16-6-8-17(9-7-16)22-10-2-1-3-11-22/h6-9,14H,1-5,10-13,15H2/b18-14-. The minimum Gasteiger partial charge on any atom is -0.372 e. The van der Waals surface area contributed by atoms with Crippen molar-refractivity contribution in [2.45, 2.75) is 32.1 Å². The van der Waals surface area contributed by atoms with Gasteiger partial charge in [0.15, 0.2) is 0 Å². The lowest BCUT2D eigenvalue weighted by molar-refractivity contribution is -0.135. The molecule has 0 bridgehead atoms. The number of likely N-dealkylation sites (tertiary alicyclic amines) is 1. The van der Waals surface area contributed by atoms with Gasteiger partial charge < -0.3 is 9.80 Å². The maximum atomic E-state index is 12.6. The molecule has 3 amide bonds. The fraction of sp³-hybridized carbons (Fsp3) is 0.476. The Morgan fingerprint density at radius 1 is 0.929 bits per heavy atom. The molecule has 1 aromatic rings. The predicted octanol–water partition coefficient (Wildman–Crippen LogP) is 3.34. The molecule has 3 aliphatic heterocycles. The Labute approximate surface area is 169 Å². The van der Waals surface area contributed by atoms with Crippen LogP contribution in [-0.2, 0) is 9.59 Å². The number of carbonyl (C=O) groups excluding carboxylic acids is 3. The lowest BCUT2D eigenvalue weighted by Gasteiger charge is -2.28. The second-order valence-electron chi connectivity index (χ2n) is 7.49. The lowest BCUT2D eigenvalue weighted by Crippen LogP contribution is -2.40. The van der Waals surface area contributed by atoms with Crippen LogP contribution in [0.4, 0.5) is 10.5 Å². The maximum Gasteiger partial charge on any atom is 0.294 e. The fourth-order valence-corrected chi connectivity index (χ4v) is 4.76. The molecule has 3 aliphatic rings. The Morgan fingerprint density at radius 2 is 1.57 bits per heavy atom. The number of imide groups is 1. The van der Waals surface area contributed by atoms with E-state index >= 15 is 0 Å². The molecule has 0 aromatic heterocycles. The zero-order chi connectivity index (χ0) is 19.5. The van der Waals surface area contributed by atoms with Crippen LogP contribution >= 0.6 is 11.8 Å². The van der Waals surface area contributed by atoms with E-state index in [4.69, 9.17) is 0 Å². The van der Waals surface area contributed by atoms with Crippen molar-refractivity contribution in [3.63, 3.8) is 0 Å². The summed E-state index contributed by atoms with van der Waals surface area (Å²) < 4.78 is 0. The molecule has 0 atom stereocenters. The van der Waals surface area contributed by atoms with E-state index in [-0.39, 0.29) is 23.6 Å². The minimum absolute atomic E-state index is 0.146. The summed E-state index contributed by atoms with van der Waals surface area (Å²) in [5.74, 6) is -0.519.